The van der Waals surface area contributed by atoms with Crippen molar-refractivity contribution in [1.82, 2.24) is 20.4 Å². The molecule has 2 rings (SSSR count). The maximum absolute atomic E-state index is 11.8. The Morgan fingerprint density at radius 1 is 1.39 bits per heavy atom. The zero-order valence-electron chi connectivity index (χ0n) is 13.1. The molecule has 0 bridgehead atoms. The smallest absolute Gasteiger partial charge is 0.315 e. The fraction of sp³-hybridized carbons (Fsp3) is 0.312. The quantitative estimate of drug-likeness (QED) is 0.841. The first-order valence-corrected chi connectivity index (χ1v) is 8.00. The van der Waals surface area contributed by atoms with E-state index in [0.717, 1.165) is 21.4 Å². The number of nitrogens with zero attached hydrogens (tertiary/aromatic N) is 3. The van der Waals surface area contributed by atoms with Crippen LogP contribution < -0.4 is 10.6 Å². The number of hydrogen-bond acceptors (Lipinski definition) is 3. The van der Waals surface area contributed by atoms with E-state index in [2.05, 4.69) is 37.7 Å². The van der Waals surface area contributed by atoms with E-state index in [-0.39, 0.29) is 6.03 Å². The van der Waals surface area contributed by atoms with E-state index in [1.165, 1.54) is 0 Å². The summed E-state index contributed by atoms with van der Waals surface area (Å²) in [4.78, 5) is 11.8. The number of urea groups is 1. The fourth-order valence-corrected chi connectivity index (χ4v) is 2.62. The van der Waals surface area contributed by atoms with Crippen LogP contribution in [-0.2, 0) is 20.0 Å². The first-order chi connectivity index (χ1) is 11.0. The first-order valence-electron chi connectivity index (χ1n) is 7.20. The number of nitriles is 1. The normalized spacial score (nSPS) is 10.2. The van der Waals surface area contributed by atoms with Gasteiger partial charge in [-0.3, -0.25) is 4.68 Å². The minimum Gasteiger partial charge on any atom is -0.338 e. The van der Waals surface area contributed by atoms with E-state index in [0.29, 0.717) is 25.1 Å². The summed E-state index contributed by atoms with van der Waals surface area (Å²) in [5.74, 6) is 0. The summed E-state index contributed by atoms with van der Waals surface area (Å²) in [5.41, 5.74) is 3.37. The second-order valence-corrected chi connectivity index (χ2v) is 5.89. The van der Waals surface area contributed by atoms with Gasteiger partial charge >= 0.3 is 6.03 Å². The number of rotatable bonds is 5. The molecule has 23 heavy (non-hydrogen) atoms. The van der Waals surface area contributed by atoms with Crippen LogP contribution in [0, 0.1) is 18.3 Å². The van der Waals surface area contributed by atoms with Gasteiger partial charge in [-0.15, -0.1) is 0 Å². The molecule has 1 aromatic heterocycles. The van der Waals surface area contributed by atoms with Gasteiger partial charge in [-0.05, 0) is 40.9 Å². The van der Waals surface area contributed by atoms with E-state index in [1.54, 1.807) is 10.7 Å². The van der Waals surface area contributed by atoms with Crippen LogP contribution in [0.25, 0.3) is 0 Å². The summed E-state index contributed by atoms with van der Waals surface area (Å²) < 4.78 is 2.67. The van der Waals surface area contributed by atoms with Gasteiger partial charge in [0.05, 0.1) is 28.3 Å². The Hall–Kier alpha value is -2.33. The Morgan fingerprint density at radius 3 is 2.78 bits per heavy atom. The number of nitrogens with one attached hydrogen (secondary N) is 2. The molecule has 0 radical (unpaired) electrons. The maximum atomic E-state index is 11.8. The molecule has 120 valence electrons. The molecule has 0 atom stereocenters. The molecule has 0 saturated heterocycles. The number of amides is 2. The molecule has 1 heterocycles. The summed E-state index contributed by atoms with van der Waals surface area (Å²) in [6.07, 6.45) is 0.615. The molecule has 7 heteroatoms. The van der Waals surface area contributed by atoms with E-state index in [9.17, 15) is 4.79 Å². The molecule has 0 fully saturated rings. The molecule has 0 saturated carbocycles. The number of carbonyl (C=O) groups is 1. The van der Waals surface area contributed by atoms with Crippen molar-refractivity contribution in [3.05, 3.63) is 51.3 Å². The van der Waals surface area contributed by atoms with Crippen molar-refractivity contribution >= 4 is 22.0 Å². The standard InChI is InChI=1S/C16H18BrN5O/c1-11-15(17)14(21-22(11)2)10-20-16(23)19-8-7-12-5-3-4-6-13(12)9-18/h3-6H,7-8,10H2,1-2H3,(H2,19,20,23). The van der Waals surface area contributed by atoms with Crippen LogP contribution in [0.15, 0.2) is 28.7 Å². The molecular formula is C16H18BrN5O. The molecule has 0 aliphatic rings. The number of benzene rings is 1. The van der Waals surface area contributed by atoms with E-state index in [4.69, 9.17) is 5.26 Å². The number of aryl methyl sites for hydroxylation is 1. The average Bonchev–Trinajstić information content (AvgIpc) is 2.80. The summed E-state index contributed by atoms with van der Waals surface area (Å²) in [7, 11) is 1.86. The van der Waals surface area contributed by atoms with Crippen LogP contribution in [0.3, 0.4) is 0 Å². The highest BCUT2D eigenvalue weighted by molar-refractivity contribution is 9.10. The van der Waals surface area contributed by atoms with E-state index in [1.807, 2.05) is 32.2 Å². The van der Waals surface area contributed by atoms with Crippen molar-refractivity contribution in [2.45, 2.75) is 19.9 Å². The second kappa shape index (κ2) is 7.79. The van der Waals surface area contributed by atoms with Gasteiger partial charge in [-0.25, -0.2) is 4.79 Å². The topological polar surface area (TPSA) is 82.7 Å². The predicted octanol–water partition coefficient (Wildman–Crippen LogP) is 2.40. The highest BCUT2D eigenvalue weighted by atomic mass is 79.9. The lowest BCUT2D eigenvalue weighted by molar-refractivity contribution is 0.240. The van der Waals surface area contributed by atoms with Crippen molar-refractivity contribution in [3.63, 3.8) is 0 Å². The summed E-state index contributed by atoms with van der Waals surface area (Å²) in [6, 6.07) is 9.28. The highest BCUT2D eigenvalue weighted by Crippen LogP contribution is 2.19. The Morgan fingerprint density at radius 2 is 2.13 bits per heavy atom. The molecule has 6 nitrogen and oxygen atoms in total. The van der Waals surface area contributed by atoms with Crippen molar-refractivity contribution in [3.8, 4) is 6.07 Å². The third-order valence-electron chi connectivity index (χ3n) is 3.56. The molecule has 0 aliphatic heterocycles. The third-order valence-corrected chi connectivity index (χ3v) is 4.59. The largest absolute Gasteiger partial charge is 0.338 e. The molecule has 0 aliphatic carbocycles. The molecular weight excluding hydrogens is 358 g/mol. The van der Waals surface area contributed by atoms with Gasteiger partial charge in [0.2, 0.25) is 0 Å². The number of carbonyl (C=O) groups excluding carboxylic acids is 1. The Bertz CT molecular complexity index is 747. The fourth-order valence-electron chi connectivity index (χ4n) is 2.15. The first kappa shape index (κ1) is 17.0. The zero-order valence-corrected chi connectivity index (χ0v) is 14.6. The van der Waals surface area contributed by atoms with Crippen LogP contribution >= 0.6 is 15.9 Å². The minimum absolute atomic E-state index is 0.255. The monoisotopic (exact) mass is 375 g/mol. The van der Waals surface area contributed by atoms with E-state index >= 15 is 0 Å². The summed E-state index contributed by atoms with van der Waals surface area (Å²) in [5, 5.41) is 18.9. The van der Waals surface area contributed by atoms with Crippen LogP contribution in [0.5, 0.6) is 0 Å². The molecule has 0 unspecified atom stereocenters. The number of hydrogen-bond donors (Lipinski definition) is 2. The molecule has 2 N–H and O–H groups in total. The van der Waals surface area contributed by atoms with Crippen LogP contribution in [-0.4, -0.2) is 22.4 Å². The lowest BCUT2D eigenvalue weighted by Crippen LogP contribution is -2.36. The van der Waals surface area contributed by atoms with Crippen LogP contribution in [0.4, 0.5) is 4.79 Å². The third kappa shape index (κ3) is 4.33. The van der Waals surface area contributed by atoms with Gasteiger partial charge in [-0.1, -0.05) is 18.2 Å². The van der Waals surface area contributed by atoms with Crippen LogP contribution in [0.1, 0.15) is 22.5 Å². The number of halogens is 1. The maximum Gasteiger partial charge on any atom is 0.315 e. The molecule has 1 aromatic carbocycles. The van der Waals surface area contributed by atoms with Gasteiger partial charge in [0, 0.05) is 19.3 Å². The average molecular weight is 376 g/mol. The predicted molar refractivity (Wildman–Crippen MR) is 90.7 cm³/mol. The molecule has 2 amide bonds. The van der Waals surface area contributed by atoms with Gasteiger partial charge < -0.3 is 10.6 Å². The molecule has 0 spiro atoms. The van der Waals surface area contributed by atoms with Gasteiger partial charge in [0.1, 0.15) is 0 Å². The van der Waals surface area contributed by atoms with Crippen molar-refractivity contribution in [1.29, 1.82) is 5.26 Å². The molecule has 2 aromatic rings. The minimum atomic E-state index is -0.255. The van der Waals surface area contributed by atoms with Crippen LogP contribution in [0.2, 0.25) is 0 Å². The van der Waals surface area contributed by atoms with Crippen molar-refractivity contribution in [2.75, 3.05) is 6.54 Å². The second-order valence-electron chi connectivity index (χ2n) is 5.10. The Kier molecular flexibility index (Phi) is 5.77. The zero-order chi connectivity index (χ0) is 16.8. The van der Waals surface area contributed by atoms with E-state index < -0.39 is 0 Å². The number of aromatic nitrogens is 2. The lowest BCUT2D eigenvalue weighted by atomic mass is 10.1. The Labute approximate surface area is 143 Å². The van der Waals surface area contributed by atoms with Crippen molar-refractivity contribution in [2.24, 2.45) is 7.05 Å². The SMILES string of the molecule is Cc1c(Br)c(CNC(=O)NCCc2ccccc2C#N)nn1C. The van der Waals surface area contributed by atoms with Gasteiger partial charge in [0.25, 0.3) is 0 Å². The Balaban J connectivity index is 1.79. The summed E-state index contributed by atoms with van der Waals surface area (Å²) in [6.45, 7) is 2.77. The van der Waals surface area contributed by atoms with Gasteiger partial charge in [0.15, 0.2) is 0 Å². The summed E-state index contributed by atoms with van der Waals surface area (Å²) >= 11 is 3.46. The highest BCUT2D eigenvalue weighted by Gasteiger charge is 2.11. The van der Waals surface area contributed by atoms with Gasteiger partial charge in [-0.2, -0.15) is 10.4 Å². The lowest BCUT2D eigenvalue weighted by Gasteiger charge is -2.07. The van der Waals surface area contributed by atoms with Crippen molar-refractivity contribution < 1.29 is 4.79 Å².